The Morgan fingerprint density at radius 2 is 1.46 bits per heavy atom. The summed E-state index contributed by atoms with van der Waals surface area (Å²) in [5.74, 6) is -0.696. The van der Waals surface area contributed by atoms with E-state index in [-0.39, 0.29) is 18.4 Å². The first kappa shape index (κ1) is 21.2. The maximum atomic E-state index is 12.9. The van der Waals surface area contributed by atoms with Crippen molar-refractivity contribution in [2.45, 2.75) is 39.7 Å². The number of amides is 3. The Morgan fingerprint density at radius 3 is 2.00 bits per heavy atom. The molecule has 6 nitrogen and oxygen atoms in total. The van der Waals surface area contributed by atoms with E-state index in [0.29, 0.717) is 17.2 Å². The second-order valence-corrected chi connectivity index (χ2v) is 7.09. The van der Waals surface area contributed by atoms with Crippen LogP contribution in [-0.2, 0) is 14.4 Å². The highest BCUT2D eigenvalue weighted by molar-refractivity contribution is 5.98. The van der Waals surface area contributed by atoms with Crippen molar-refractivity contribution in [1.82, 2.24) is 10.6 Å². The van der Waals surface area contributed by atoms with E-state index >= 15 is 0 Å². The van der Waals surface area contributed by atoms with Crippen LogP contribution >= 0.6 is 0 Å². The second kappa shape index (κ2) is 9.69. The van der Waals surface area contributed by atoms with Crippen molar-refractivity contribution in [2.24, 2.45) is 0 Å². The Balaban J connectivity index is 2.16. The van der Waals surface area contributed by atoms with Crippen molar-refractivity contribution >= 4 is 23.4 Å². The fourth-order valence-corrected chi connectivity index (χ4v) is 2.64. The van der Waals surface area contributed by atoms with Crippen LogP contribution in [0.3, 0.4) is 0 Å². The SMILES string of the molecule is CC(=O)NCC(=O)N[C@@H](C(=O)Nc1ccc(C(C)C)cc1)c1ccc(C)cc1. The van der Waals surface area contributed by atoms with Crippen LogP contribution in [0.2, 0.25) is 0 Å². The van der Waals surface area contributed by atoms with E-state index in [9.17, 15) is 14.4 Å². The molecule has 28 heavy (non-hydrogen) atoms. The number of rotatable bonds is 7. The zero-order valence-corrected chi connectivity index (χ0v) is 16.7. The van der Waals surface area contributed by atoms with E-state index < -0.39 is 11.9 Å². The third-order valence-corrected chi connectivity index (χ3v) is 4.32. The summed E-state index contributed by atoms with van der Waals surface area (Å²) in [6.45, 7) is 7.30. The number of hydrogen-bond acceptors (Lipinski definition) is 3. The van der Waals surface area contributed by atoms with Crippen LogP contribution in [0.1, 0.15) is 49.4 Å². The van der Waals surface area contributed by atoms with Gasteiger partial charge in [-0.2, -0.15) is 0 Å². The first-order valence-corrected chi connectivity index (χ1v) is 9.27. The van der Waals surface area contributed by atoms with Gasteiger partial charge in [0, 0.05) is 12.6 Å². The van der Waals surface area contributed by atoms with Crippen LogP contribution in [0.15, 0.2) is 48.5 Å². The molecule has 0 bridgehead atoms. The second-order valence-electron chi connectivity index (χ2n) is 7.09. The molecule has 3 amide bonds. The molecule has 148 valence electrons. The van der Waals surface area contributed by atoms with Crippen LogP contribution in [0.5, 0.6) is 0 Å². The van der Waals surface area contributed by atoms with Gasteiger partial charge in [-0.3, -0.25) is 14.4 Å². The number of aryl methyl sites for hydroxylation is 1. The summed E-state index contributed by atoms with van der Waals surface area (Å²) >= 11 is 0. The predicted octanol–water partition coefficient (Wildman–Crippen LogP) is 3.05. The maximum absolute atomic E-state index is 12.9. The van der Waals surface area contributed by atoms with Crippen molar-refractivity contribution in [2.75, 3.05) is 11.9 Å². The summed E-state index contributed by atoms with van der Waals surface area (Å²) in [5.41, 5.74) is 3.55. The van der Waals surface area contributed by atoms with Crippen molar-refractivity contribution in [3.05, 3.63) is 65.2 Å². The number of benzene rings is 2. The van der Waals surface area contributed by atoms with E-state index in [1.807, 2.05) is 43.3 Å². The van der Waals surface area contributed by atoms with Crippen LogP contribution in [0.25, 0.3) is 0 Å². The zero-order chi connectivity index (χ0) is 20.7. The summed E-state index contributed by atoms with van der Waals surface area (Å²) in [7, 11) is 0. The van der Waals surface area contributed by atoms with Gasteiger partial charge in [-0.15, -0.1) is 0 Å². The van der Waals surface area contributed by atoms with Gasteiger partial charge in [-0.05, 0) is 36.1 Å². The molecule has 6 heteroatoms. The minimum atomic E-state index is -0.869. The molecule has 0 spiro atoms. The minimum absolute atomic E-state index is 0.186. The Bertz CT molecular complexity index is 827. The first-order valence-electron chi connectivity index (χ1n) is 9.27. The molecule has 2 rings (SSSR count). The molecule has 1 atom stereocenters. The van der Waals surface area contributed by atoms with E-state index in [1.165, 1.54) is 12.5 Å². The van der Waals surface area contributed by atoms with Gasteiger partial charge in [-0.1, -0.05) is 55.8 Å². The smallest absolute Gasteiger partial charge is 0.251 e. The van der Waals surface area contributed by atoms with E-state index in [1.54, 1.807) is 12.1 Å². The van der Waals surface area contributed by atoms with E-state index in [2.05, 4.69) is 29.8 Å². The minimum Gasteiger partial charge on any atom is -0.347 e. The number of carbonyl (C=O) groups excluding carboxylic acids is 3. The Kier molecular flexibility index (Phi) is 7.32. The third-order valence-electron chi connectivity index (χ3n) is 4.32. The fourth-order valence-electron chi connectivity index (χ4n) is 2.64. The normalized spacial score (nSPS) is 11.6. The largest absolute Gasteiger partial charge is 0.347 e. The van der Waals surface area contributed by atoms with Gasteiger partial charge < -0.3 is 16.0 Å². The first-order chi connectivity index (χ1) is 13.3. The van der Waals surface area contributed by atoms with Gasteiger partial charge in [-0.25, -0.2) is 0 Å². The van der Waals surface area contributed by atoms with Gasteiger partial charge >= 0.3 is 0 Å². The Morgan fingerprint density at radius 1 is 0.893 bits per heavy atom. The lowest BCUT2D eigenvalue weighted by Crippen LogP contribution is -2.42. The highest BCUT2D eigenvalue weighted by Gasteiger charge is 2.23. The summed E-state index contributed by atoms with van der Waals surface area (Å²) < 4.78 is 0. The summed E-state index contributed by atoms with van der Waals surface area (Å²) in [4.78, 5) is 36.1. The molecule has 0 aliphatic carbocycles. The molecule has 0 fully saturated rings. The summed E-state index contributed by atoms with van der Waals surface area (Å²) in [6.07, 6.45) is 0. The van der Waals surface area contributed by atoms with Gasteiger partial charge in [0.1, 0.15) is 6.04 Å². The lowest BCUT2D eigenvalue weighted by atomic mass is 10.0. The van der Waals surface area contributed by atoms with Crippen molar-refractivity contribution in [3.63, 3.8) is 0 Å². The van der Waals surface area contributed by atoms with Crippen LogP contribution in [0.4, 0.5) is 5.69 Å². The van der Waals surface area contributed by atoms with Crippen LogP contribution in [-0.4, -0.2) is 24.3 Å². The highest BCUT2D eigenvalue weighted by Crippen LogP contribution is 2.20. The summed E-state index contributed by atoms with van der Waals surface area (Å²) in [5, 5.41) is 7.98. The predicted molar refractivity (Wildman–Crippen MR) is 110 cm³/mol. The number of carbonyl (C=O) groups is 3. The van der Waals surface area contributed by atoms with Gasteiger partial charge in [0.25, 0.3) is 5.91 Å². The van der Waals surface area contributed by atoms with E-state index in [4.69, 9.17) is 0 Å². The topological polar surface area (TPSA) is 87.3 Å². The Hall–Kier alpha value is -3.15. The van der Waals surface area contributed by atoms with Crippen molar-refractivity contribution < 1.29 is 14.4 Å². The number of nitrogens with one attached hydrogen (secondary N) is 3. The molecule has 0 aromatic heterocycles. The van der Waals surface area contributed by atoms with E-state index in [0.717, 1.165) is 5.56 Å². The molecule has 0 aliphatic heterocycles. The third kappa shape index (κ3) is 6.23. The average molecular weight is 381 g/mol. The molecule has 3 N–H and O–H groups in total. The van der Waals surface area contributed by atoms with Gasteiger partial charge in [0.05, 0.1) is 6.54 Å². The quantitative estimate of drug-likeness (QED) is 0.689. The molecule has 0 saturated heterocycles. The molecule has 0 heterocycles. The Labute approximate surface area is 165 Å². The van der Waals surface area contributed by atoms with Crippen LogP contribution in [0, 0.1) is 6.92 Å². The van der Waals surface area contributed by atoms with Gasteiger partial charge in [0.15, 0.2) is 0 Å². The molecule has 2 aromatic carbocycles. The van der Waals surface area contributed by atoms with Crippen LogP contribution < -0.4 is 16.0 Å². The zero-order valence-electron chi connectivity index (χ0n) is 16.7. The van der Waals surface area contributed by atoms with Crippen molar-refractivity contribution in [3.8, 4) is 0 Å². The van der Waals surface area contributed by atoms with Crippen molar-refractivity contribution in [1.29, 1.82) is 0 Å². The molecular formula is C22H27N3O3. The average Bonchev–Trinajstić information content (AvgIpc) is 2.65. The molecular weight excluding hydrogens is 354 g/mol. The lowest BCUT2D eigenvalue weighted by molar-refractivity contribution is -0.127. The fraction of sp³-hybridized carbons (Fsp3) is 0.318. The highest BCUT2D eigenvalue weighted by atomic mass is 16.2. The number of anilines is 1. The molecule has 0 aliphatic rings. The maximum Gasteiger partial charge on any atom is 0.251 e. The molecule has 2 aromatic rings. The summed E-state index contributed by atoms with van der Waals surface area (Å²) in [6, 6.07) is 14.1. The molecule has 0 saturated carbocycles. The van der Waals surface area contributed by atoms with Gasteiger partial charge in [0.2, 0.25) is 11.8 Å². The lowest BCUT2D eigenvalue weighted by Gasteiger charge is -2.19. The number of hydrogen-bond donors (Lipinski definition) is 3. The molecule has 0 radical (unpaired) electrons. The molecule has 0 unspecified atom stereocenters. The standard InChI is InChI=1S/C22H27N3O3/c1-14(2)17-9-11-19(12-10-17)24-22(28)21(18-7-5-15(3)6-8-18)25-20(27)13-23-16(4)26/h5-12,14,21H,13H2,1-4H3,(H,23,26)(H,24,28)(H,25,27)/t21-/m1/s1. The monoisotopic (exact) mass is 381 g/mol.